The lowest BCUT2D eigenvalue weighted by atomic mass is 10.1. The van der Waals surface area contributed by atoms with Crippen LogP contribution >= 0.6 is 38.9 Å². The molecule has 0 saturated carbocycles. The van der Waals surface area contributed by atoms with Crippen molar-refractivity contribution >= 4 is 49.0 Å². The molecule has 2 aromatic carbocycles. The summed E-state index contributed by atoms with van der Waals surface area (Å²) in [5, 5.41) is 1.79. The molecule has 0 nitrogen and oxygen atoms in total. The third-order valence-corrected chi connectivity index (χ3v) is 5.65. The molecule has 1 aromatic heterocycles. The lowest BCUT2D eigenvalue weighted by Crippen LogP contribution is -1.88. The van der Waals surface area contributed by atoms with Crippen LogP contribution in [0.5, 0.6) is 0 Å². The number of halogens is 3. The van der Waals surface area contributed by atoms with E-state index in [0.29, 0.717) is 0 Å². The van der Waals surface area contributed by atoms with Crippen LogP contribution < -0.4 is 0 Å². The standard InChI is InChI=1S/C15H9BrClFS/c16-15(9-1-4-11(17)5-2-9)14-7-10-3-6-12(18)8-13(10)19-14/h1-8,15H. The van der Waals surface area contributed by atoms with E-state index < -0.39 is 0 Å². The van der Waals surface area contributed by atoms with Crippen LogP contribution in [0.3, 0.4) is 0 Å². The minimum atomic E-state index is -0.196. The van der Waals surface area contributed by atoms with Gasteiger partial charge in [-0.1, -0.05) is 45.7 Å². The molecule has 1 heterocycles. The lowest BCUT2D eigenvalue weighted by molar-refractivity contribution is 0.630. The largest absolute Gasteiger partial charge is 0.207 e. The van der Waals surface area contributed by atoms with Crippen LogP contribution in [0, 0.1) is 5.82 Å². The maximum atomic E-state index is 13.2. The minimum absolute atomic E-state index is 0.102. The number of hydrogen-bond acceptors (Lipinski definition) is 1. The van der Waals surface area contributed by atoms with E-state index in [4.69, 9.17) is 11.6 Å². The molecular weight excluding hydrogens is 347 g/mol. The Balaban J connectivity index is 2.01. The van der Waals surface area contributed by atoms with Crippen LogP contribution in [0.25, 0.3) is 10.1 Å². The van der Waals surface area contributed by atoms with Crippen molar-refractivity contribution in [1.29, 1.82) is 0 Å². The summed E-state index contributed by atoms with van der Waals surface area (Å²) >= 11 is 11.2. The molecule has 0 saturated heterocycles. The van der Waals surface area contributed by atoms with Crippen molar-refractivity contribution in [2.24, 2.45) is 0 Å². The maximum absolute atomic E-state index is 13.2. The summed E-state index contributed by atoms with van der Waals surface area (Å²) in [6, 6.07) is 14.7. The van der Waals surface area contributed by atoms with Gasteiger partial charge in [0, 0.05) is 14.6 Å². The molecule has 19 heavy (non-hydrogen) atoms. The molecule has 0 spiro atoms. The van der Waals surface area contributed by atoms with Gasteiger partial charge in [-0.15, -0.1) is 11.3 Å². The monoisotopic (exact) mass is 354 g/mol. The number of benzene rings is 2. The summed E-state index contributed by atoms with van der Waals surface area (Å²) in [4.78, 5) is 1.26. The van der Waals surface area contributed by atoms with Gasteiger partial charge in [-0.05, 0) is 41.3 Å². The average molecular weight is 356 g/mol. The molecule has 1 unspecified atom stereocenters. The van der Waals surface area contributed by atoms with E-state index in [1.807, 2.05) is 30.3 Å². The highest BCUT2D eigenvalue weighted by atomic mass is 79.9. The van der Waals surface area contributed by atoms with Gasteiger partial charge < -0.3 is 0 Å². The molecule has 3 rings (SSSR count). The van der Waals surface area contributed by atoms with Gasteiger partial charge in [-0.3, -0.25) is 0 Å². The SMILES string of the molecule is Fc1ccc2cc(C(Br)c3ccc(Cl)cc3)sc2c1. The second kappa shape index (κ2) is 5.23. The van der Waals surface area contributed by atoms with Crippen LogP contribution in [-0.2, 0) is 0 Å². The van der Waals surface area contributed by atoms with Gasteiger partial charge in [0.05, 0.1) is 4.83 Å². The second-order valence-electron chi connectivity index (χ2n) is 4.25. The molecule has 4 heteroatoms. The molecule has 0 radical (unpaired) electrons. The Kier molecular flexibility index (Phi) is 3.61. The molecule has 0 N–H and O–H groups in total. The first-order chi connectivity index (χ1) is 9.13. The first-order valence-corrected chi connectivity index (χ1v) is 7.83. The average Bonchev–Trinajstić information content (AvgIpc) is 2.81. The fourth-order valence-electron chi connectivity index (χ4n) is 1.95. The zero-order chi connectivity index (χ0) is 13.4. The lowest BCUT2D eigenvalue weighted by Gasteiger charge is -2.07. The molecule has 1 atom stereocenters. The molecule has 96 valence electrons. The van der Waals surface area contributed by atoms with E-state index in [1.165, 1.54) is 6.07 Å². The van der Waals surface area contributed by atoms with Crippen LogP contribution in [0.15, 0.2) is 48.5 Å². The van der Waals surface area contributed by atoms with Gasteiger partial charge in [-0.2, -0.15) is 0 Å². The molecule has 0 fully saturated rings. The first-order valence-electron chi connectivity index (χ1n) is 5.72. The number of hydrogen-bond donors (Lipinski definition) is 0. The van der Waals surface area contributed by atoms with Crippen molar-refractivity contribution < 1.29 is 4.39 Å². The first kappa shape index (κ1) is 13.1. The quantitative estimate of drug-likeness (QED) is 0.482. The van der Waals surface area contributed by atoms with Crippen molar-refractivity contribution in [3.05, 3.63) is 69.8 Å². The van der Waals surface area contributed by atoms with Gasteiger partial charge in [0.1, 0.15) is 5.82 Å². The Morgan fingerprint density at radius 3 is 2.53 bits per heavy atom. The van der Waals surface area contributed by atoms with E-state index in [0.717, 1.165) is 25.5 Å². The van der Waals surface area contributed by atoms with E-state index >= 15 is 0 Å². The Hall–Kier alpha value is -0.900. The molecule has 0 aliphatic heterocycles. The number of thiophene rings is 1. The summed E-state index contributed by atoms with van der Waals surface area (Å²) in [5.74, 6) is -0.196. The van der Waals surface area contributed by atoms with Gasteiger partial charge in [-0.25, -0.2) is 4.39 Å². The summed E-state index contributed by atoms with van der Waals surface area (Å²) < 4.78 is 14.2. The molecule has 0 aliphatic carbocycles. The van der Waals surface area contributed by atoms with E-state index in [1.54, 1.807) is 17.4 Å². The molecule has 0 bridgehead atoms. The summed E-state index contributed by atoms with van der Waals surface area (Å²) in [6.07, 6.45) is 0. The highest BCUT2D eigenvalue weighted by Crippen LogP contribution is 2.38. The van der Waals surface area contributed by atoms with Crippen molar-refractivity contribution in [1.82, 2.24) is 0 Å². The van der Waals surface area contributed by atoms with Gasteiger partial charge in [0.2, 0.25) is 0 Å². The summed E-state index contributed by atoms with van der Waals surface area (Å²) in [5.41, 5.74) is 1.14. The van der Waals surface area contributed by atoms with Crippen LogP contribution in [0.1, 0.15) is 15.3 Å². The smallest absolute Gasteiger partial charge is 0.124 e. The number of rotatable bonds is 2. The maximum Gasteiger partial charge on any atom is 0.124 e. The van der Waals surface area contributed by atoms with Crippen LogP contribution in [-0.4, -0.2) is 0 Å². The fraction of sp³-hybridized carbons (Fsp3) is 0.0667. The minimum Gasteiger partial charge on any atom is -0.207 e. The van der Waals surface area contributed by atoms with E-state index in [-0.39, 0.29) is 10.6 Å². The predicted octanol–water partition coefficient (Wildman–Crippen LogP) is 6.18. The van der Waals surface area contributed by atoms with Crippen molar-refractivity contribution in [2.45, 2.75) is 4.83 Å². The predicted molar refractivity (Wildman–Crippen MR) is 84.0 cm³/mol. The zero-order valence-electron chi connectivity index (χ0n) is 9.74. The topological polar surface area (TPSA) is 0 Å². The van der Waals surface area contributed by atoms with Gasteiger partial charge in [0.25, 0.3) is 0 Å². The summed E-state index contributed by atoms with van der Waals surface area (Å²) in [6.45, 7) is 0. The number of alkyl halides is 1. The normalized spacial score (nSPS) is 12.8. The van der Waals surface area contributed by atoms with Gasteiger partial charge >= 0.3 is 0 Å². The van der Waals surface area contributed by atoms with Crippen LogP contribution in [0.4, 0.5) is 4.39 Å². The fourth-order valence-corrected chi connectivity index (χ4v) is 3.89. The van der Waals surface area contributed by atoms with Crippen molar-refractivity contribution in [3.8, 4) is 0 Å². The van der Waals surface area contributed by atoms with Crippen molar-refractivity contribution in [3.63, 3.8) is 0 Å². The Bertz CT molecular complexity index is 721. The van der Waals surface area contributed by atoms with Crippen LogP contribution in [0.2, 0.25) is 5.02 Å². The highest BCUT2D eigenvalue weighted by Gasteiger charge is 2.13. The molecule has 0 amide bonds. The third kappa shape index (κ3) is 2.69. The summed E-state index contributed by atoms with van der Waals surface area (Å²) in [7, 11) is 0. The third-order valence-electron chi connectivity index (χ3n) is 2.91. The Labute approximate surface area is 128 Å². The van der Waals surface area contributed by atoms with E-state index in [9.17, 15) is 4.39 Å². The van der Waals surface area contributed by atoms with E-state index in [2.05, 4.69) is 22.0 Å². The molecular formula is C15H9BrClFS. The second-order valence-corrected chi connectivity index (χ2v) is 6.71. The van der Waals surface area contributed by atoms with Gasteiger partial charge in [0.15, 0.2) is 0 Å². The van der Waals surface area contributed by atoms with Crippen molar-refractivity contribution in [2.75, 3.05) is 0 Å². The Morgan fingerprint density at radius 1 is 1.05 bits per heavy atom. The zero-order valence-corrected chi connectivity index (χ0v) is 12.9. The highest BCUT2D eigenvalue weighted by molar-refractivity contribution is 9.09. The molecule has 3 aromatic rings. The number of fused-ring (bicyclic) bond motifs is 1. The Morgan fingerprint density at radius 2 is 1.79 bits per heavy atom. The molecule has 0 aliphatic rings.